The van der Waals surface area contributed by atoms with Gasteiger partial charge in [-0.1, -0.05) is 39.2 Å². The van der Waals surface area contributed by atoms with E-state index in [1.54, 1.807) is 6.08 Å². The summed E-state index contributed by atoms with van der Waals surface area (Å²) in [6, 6.07) is 2.59. The number of carbonyl (C=O) groups is 1. The topological polar surface area (TPSA) is 40.9 Å². The Kier molecular flexibility index (Phi) is 3.36. The summed E-state index contributed by atoms with van der Waals surface area (Å²) in [5, 5.41) is 9.62. The summed E-state index contributed by atoms with van der Waals surface area (Å²) in [6.45, 7) is 17.3. The molecule has 4 aliphatic rings. The van der Waals surface area contributed by atoms with Crippen LogP contribution in [0, 0.1) is 45.8 Å². The Balaban J connectivity index is 1.81. The van der Waals surface area contributed by atoms with E-state index in [0.717, 1.165) is 48.8 Å². The van der Waals surface area contributed by atoms with Gasteiger partial charge in [-0.2, -0.15) is 5.26 Å². The highest BCUT2D eigenvalue weighted by Crippen LogP contribution is 2.68. The molecule has 0 saturated heterocycles. The fraction of sp³-hybridized carbons (Fsp3) is 0.565. The van der Waals surface area contributed by atoms with Gasteiger partial charge in [0.2, 0.25) is 0 Å². The van der Waals surface area contributed by atoms with Gasteiger partial charge >= 0.3 is 0 Å². The molecule has 6 atom stereocenters. The molecular weight excluding hydrogens is 306 g/mol. The Hall–Kier alpha value is -1.88. The minimum atomic E-state index is -0.225. The number of fused-ring (bicyclic) bond motifs is 5. The number of carbonyl (C=O) groups excluding carboxylic acids is 1. The number of ketones is 1. The second-order valence-corrected chi connectivity index (χ2v) is 9.07. The molecule has 0 aromatic carbocycles. The van der Waals surface area contributed by atoms with Crippen LogP contribution in [0.3, 0.4) is 0 Å². The second-order valence-electron chi connectivity index (χ2n) is 9.07. The molecule has 0 unspecified atom stereocenters. The first-order chi connectivity index (χ1) is 11.7. The lowest BCUT2D eigenvalue weighted by Crippen LogP contribution is -2.51. The minimum absolute atomic E-state index is 0.0110. The normalized spacial score (nSPS) is 46.0. The van der Waals surface area contributed by atoms with Crippen LogP contribution in [0.4, 0.5) is 0 Å². The third kappa shape index (κ3) is 1.87. The van der Waals surface area contributed by atoms with Gasteiger partial charge in [-0.05, 0) is 72.5 Å². The van der Waals surface area contributed by atoms with Crippen LogP contribution in [0.1, 0.15) is 46.0 Å². The highest BCUT2D eigenvalue weighted by atomic mass is 16.1. The molecule has 25 heavy (non-hydrogen) atoms. The standard InChI is InChI=1S/C23H27NO/c1-13-10-17-18-7-6-16(12-24)22(18,4)9-8-19(17)23(5)15(3)14(2)21(25)11-20(13)23/h11,16-19H,1-3,6-10H2,4-5H3/t16-,17+,18+,19+,22-,23-/m1/s1. The zero-order valence-corrected chi connectivity index (χ0v) is 15.4. The molecule has 0 amide bonds. The van der Waals surface area contributed by atoms with E-state index in [9.17, 15) is 10.1 Å². The first-order valence-electron chi connectivity index (χ1n) is 9.48. The summed E-state index contributed by atoms with van der Waals surface area (Å²) in [7, 11) is 0. The van der Waals surface area contributed by atoms with Gasteiger partial charge in [0.15, 0.2) is 5.78 Å². The van der Waals surface area contributed by atoms with E-state index in [4.69, 9.17) is 0 Å². The van der Waals surface area contributed by atoms with Gasteiger partial charge in [-0.3, -0.25) is 4.79 Å². The number of hydrogen-bond donors (Lipinski definition) is 0. The number of allylic oxidation sites excluding steroid dienone is 4. The summed E-state index contributed by atoms with van der Waals surface area (Å²) < 4.78 is 0. The Labute approximate surface area is 151 Å². The molecule has 3 fully saturated rings. The predicted molar refractivity (Wildman–Crippen MR) is 99.4 cm³/mol. The molecule has 0 heterocycles. The average molecular weight is 333 g/mol. The third-order valence-electron chi connectivity index (χ3n) is 8.32. The molecule has 4 rings (SSSR count). The van der Waals surface area contributed by atoms with Crippen molar-refractivity contribution in [1.29, 1.82) is 5.26 Å². The maximum atomic E-state index is 12.3. The second kappa shape index (κ2) is 5.07. The average Bonchev–Trinajstić information content (AvgIpc) is 2.92. The summed E-state index contributed by atoms with van der Waals surface area (Å²) in [4.78, 5) is 12.3. The SMILES string of the molecule is C=C1C[C@@H]2[C@H](CC[C@]3(C)[C@@H](C#N)CC[C@@H]23)[C@@]2(C)C(=C)C(=C)C(=O)C=C12. The van der Waals surface area contributed by atoms with E-state index < -0.39 is 0 Å². The molecule has 3 saturated carbocycles. The maximum absolute atomic E-state index is 12.3. The summed E-state index contributed by atoms with van der Waals surface area (Å²) in [5.41, 5.74) is 3.55. The predicted octanol–water partition coefficient (Wildman–Crippen LogP) is 5.16. The van der Waals surface area contributed by atoms with Crippen molar-refractivity contribution in [3.63, 3.8) is 0 Å². The van der Waals surface area contributed by atoms with Crippen molar-refractivity contribution in [3.8, 4) is 6.07 Å². The lowest BCUT2D eigenvalue weighted by atomic mass is 9.45. The Morgan fingerprint density at radius 1 is 1.16 bits per heavy atom. The third-order valence-corrected chi connectivity index (χ3v) is 8.32. The van der Waals surface area contributed by atoms with Crippen molar-refractivity contribution < 1.29 is 4.79 Å². The van der Waals surface area contributed by atoms with Gasteiger partial charge in [0.1, 0.15) is 0 Å². The molecule has 2 heteroatoms. The van der Waals surface area contributed by atoms with Crippen LogP contribution in [-0.2, 0) is 4.79 Å². The molecule has 0 aromatic rings. The molecule has 0 aromatic heterocycles. The molecule has 130 valence electrons. The van der Waals surface area contributed by atoms with Crippen LogP contribution in [0.15, 0.2) is 48.1 Å². The summed E-state index contributed by atoms with van der Waals surface area (Å²) in [6.07, 6.45) is 7.09. The van der Waals surface area contributed by atoms with E-state index >= 15 is 0 Å². The first kappa shape index (κ1) is 16.6. The van der Waals surface area contributed by atoms with Crippen LogP contribution in [0.5, 0.6) is 0 Å². The van der Waals surface area contributed by atoms with Gasteiger partial charge in [-0.25, -0.2) is 0 Å². The molecular formula is C23H27NO. The van der Waals surface area contributed by atoms with Crippen LogP contribution in [0.25, 0.3) is 0 Å². The van der Waals surface area contributed by atoms with Crippen LogP contribution in [0.2, 0.25) is 0 Å². The maximum Gasteiger partial charge on any atom is 0.185 e. The Bertz CT molecular complexity index is 793. The molecule has 0 N–H and O–H groups in total. The fourth-order valence-corrected chi connectivity index (χ4v) is 6.78. The number of nitriles is 1. The summed E-state index contributed by atoms with van der Waals surface area (Å²) >= 11 is 0. The van der Waals surface area contributed by atoms with E-state index in [0.29, 0.717) is 23.3 Å². The van der Waals surface area contributed by atoms with Crippen LogP contribution >= 0.6 is 0 Å². The zero-order valence-electron chi connectivity index (χ0n) is 15.4. The van der Waals surface area contributed by atoms with E-state index in [1.807, 2.05) is 0 Å². The molecule has 0 aliphatic heterocycles. The van der Waals surface area contributed by atoms with Crippen molar-refractivity contribution in [2.24, 2.45) is 34.5 Å². The minimum Gasteiger partial charge on any atom is -0.289 e. The van der Waals surface area contributed by atoms with Crippen LogP contribution in [-0.4, -0.2) is 5.78 Å². The van der Waals surface area contributed by atoms with E-state index in [1.165, 1.54) is 0 Å². The van der Waals surface area contributed by atoms with Gasteiger partial charge in [0.25, 0.3) is 0 Å². The quantitative estimate of drug-likeness (QED) is 0.575. The highest BCUT2D eigenvalue weighted by Gasteiger charge is 2.60. The van der Waals surface area contributed by atoms with Gasteiger partial charge in [0, 0.05) is 11.0 Å². The molecule has 0 radical (unpaired) electrons. The van der Waals surface area contributed by atoms with Crippen molar-refractivity contribution >= 4 is 5.78 Å². The van der Waals surface area contributed by atoms with E-state index in [-0.39, 0.29) is 22.5 Å². The Morgan fingerprint density at radius 2 is 1.88 bits per heavy atom. The zero-order chi connectivity index (χ0) is 18.1. The lowest BCUT2D eigenvalue weighted by molar-refractivity contribution is -0.111. The van der Waals surface area contributed by atoms with E-state index in [2.05, 4.69) is 39.7 Å². The smallest absolute Gasteiger partial charge is 0.185 e. The number of rotatable bonds is 0. The lowest BCUT2D eigenvalue weighted by Gasteiger charge is -2.58. The van der Waals surface area contributed by atoms with Gasteiger partial charge in [0.05, 0.1) is 12.0 Å². The monoisotopic (exact) mass is 333 g/mol. The Morgan fingerprint density at radius 3 is 2.56 bits per heavy atom. The largest absolute Gasteiger partial charge is 0.289 e. The molecule has 4 aliphatic carbocycles. The van der Waals surface area contributed by atoms with Gasteiger partial charge < -0.3 is 0 Å². The van der Waals surface area contributed by atoms with Crippen molar-refractivity contribution in [3.05, 3.63) is 48.1 Å². The van der Waals surface area contributed by atoms with Gasteiger partial charge in [-0.15, -0.1) is 0 Å². The number of nitrogens with zero attached hydrogens (tertiary/aromatic N) is 1. The first-order valence-corrected chi connectivity index (χ1v) is 9.48. The fourth-order valence-electron chi connectivity index (χ4n) is 6.78. The molecule has 0 bridgehead atoms. The van der Waals surface area contributed by atoms with Crippen molar-refractivity contribution in [1.82, 2.24) is 0 Å². The van der Waals surface area contributed by atoms with Crippen molar-refractivity contribution in [2.75, 3.05) is 0 Å². The molecule has 2 nitrogen and oxygen atoms in total. The van der Waals surface area contributed by atoms with Crippen molar-refractivity contribution in [2.45, 2.75) is 46.0 Å². The number of hydrogen-bond acceptors (Lipinski definition) is 2. The summed E-state index contributed by atoms with van der Waals surface area (Å²) in [5.74, 6) is 1.75. The highest BCUT2D eigenvalue weighted by molar-refractivity contribution is 6.09. The molecule has 0 spiro atoms. The van der Waals surface area contributed by atoms with Crippen LogP contribution < -0.4 is 0 Å².